The van der Waals surface area contributed by atoms with Gasteiger partial charge in [0.05, 0.1) is 11.2 Å². The molecule has 4 aliphatic carbocycles. The normalized spacial score (nSPS) is 22.3. The fraction of sp³-hybridized carbons (Fsp3) is 0.400. The average molecular weight is 1230 g/mol. The third-order valence-corrected chi connectivity index (χ3v) is 26.1. The molecule has 0 amide bonds. The number of fused-ring (bicyclic) bond motifs is 12. The maximum atomic E-state index is 2.89. The Morgan fingerprint density at radius 1 is 0.330 bits per heavy atom. The highest BCUT2D eigenvalue weighted by atomic mass is 15.3. The Morgan fingerprint density at radius 2 is 0.777 bits per heavy atom. The van der Waals surface area contributed by atoms with Gasteiger partial charge < -0.3 is 14.7 Å². The molecule has 4 heteroatoms. The van der Waals surface area contributed by atoms with E-state index in [9.17, 15) is 0 Å². The summed E-state index contributed by atoms with van der Waals surface area (Å²) >= 11 is 0. The maximum absolute atomic E-state index is 2.89. The van der Waals surface area contributed by atoms with Gasteiger partial charge in [-0.3, -0.25) is 0 Å². The predicted molar refractivity (Wildman–Crippen MR) is 403 cm³/mol. The minimum absolute atomic E-state index is 0.00439. The summed E-state index contributed by atoms with van der Waals surface area (Å²) in [5.74, 6) is 0. The highest BCUT2D eigenvalue weighted by Gasteiger charge is 2.59. The molecule has 2 atom stereocenters. The lowest BCUT2D eigenvalue weighted by atomic mass is 9.32. The quantitative estimate of drug-likeness (QED) is 0.163. The van der Waals surface area contributed by atoms with Crippen molar-refractivity contribution in [1.29, 1.82) is 0 Å². The van der Waals surface area contributed by atoms with Crippen molar-refractivity contribution in [3.05, 3.63) is 242 Å². The van der Waals surface area contributed by atoms with Gasteiger partial charge in [-0.15, -0.1) is 0 Å². The van der Waals surface area contributed by atoms with Crippen LogP contribution in [0.3, 0.4) is 0 Å². The molecule has 478 valence electrons. The number of nitrogens with zero attached hydrogens (tertiary/aromatic N) is 3. The number of benzene rings is 9. The molecule has 0 radical (unpaired) electrons. The summed E-state index contributed by atoms with van der Waals surface area (Å²) in [7, 11) is 0. The van der Waals surface area contributed by atoms with Gasteiger partial charge in [0.15, 0.2) is 0 Å². The Morgan fingerprint density at radius 3 is 1.35 bits per heavy atom. The van der Waals surface area contributed by atoms with E-state index in [2.05, 4.69) is 323 Å². The smallest absolute Gasteiger partial charge is 0.252 e. The molecule has 0 N–H and O–H groups in total. The highest BCUT2D eigenvalue weighted by molar-refractivity contribution is 7.00. The van der Waals surface area contributed by atoms with Crippen LogP contribution in [-0.4, -0.2) is 12.3 Å². The van der Waals surface area contributed by atoms with E-state index in [0.717, 1.165) is 25.7 Å². The third kappa shape index (κ3) is 8.28. The summed E-state index contributed by atoms with van der Waals surface area (Å²) in [6.07, 6.45) is 6.97. The van der Waals surface area contributed by atoms with Crippen molar-refractivity contribution >= 4 is 68.6 Å². The molecule has 3 nitrogen and oxygen atoms in total. The Balaban J connectivity index is 1.09. The molecule has 1 fully saturated rings. The van der Waals surface area contributed by atoms with Crippen LogP contribution in [0.25, 0.3) is 11.1 Å². The molecule has 3 aliphatic heterocycles. The van der Waals surface area contributed by atoms with Crippen LogP contribution >= 0.6 is 0 Å². The van der Waals surface area contributed by atoms with E-state index in [1.165, 1.54) is 158 Å². The predicted octanol–water partition coefficient (Wildman–Crippen LogP) is 22.1. The van der Waals surface area contributed by atoms with Crippen LogP contribution in [0.15, 0.2) is 170 Å². The Labute approximate surface area is 564 Å². The summed E-state index contributed by atoms with van der Waals surface area (Å²) in [6, 6.07) is 69.2. The van der Waals surface area contributed by atoms with Crippen LogP contribution in [0.5, 0.6) is 0 Å². The Kier molecular flexibility index (Phi) is 12.8. The van der Waals surface area contributed by atoms with Gasteiger partial charge in [-0.05, 0) is 203 Å². The maximum Gasteiger partial charge on any atom is 0.252 e. The lowest BCUT2D eigenvalue weighted by Crippen LogP contribution is -2.62. The Hall–Kier alpha value is -7.56. The van der Waals surface area contributed by atoms with Gasteiger partial charge in [-0.25, -0.2) is 0 Å². The van der Waals surface area contributed by atoms with E-state index < -0.39 is 0 Å². The minimum Gasteiger partial charge on any atom is -0.334 e. The number of anilines is 8. The van der Waals surface area contributed by atoms with Crippen LogP contribution in [0, 0.1) is 0 Å². The second-order valence-corrected chi connectivity index (χ2v) is 36.0. The van der Waals surface area contributed by atoms with Crippen LogP contribution < -0.4 is 31.1 Å². The minimum atomic E-state index is -0.287. The molecule has 0 bridgehead atoms. The summed E-state index contributed by atoms with van der Waals surface area (Å²) < 4.78 is 0. The first-order chi connectivity index (χ1) is 44.1. The SMILES string of the molecule is CC(C)(C)c1ccc(N2c3cc4c(cc3B3c5cc6c(cc5N(c5ccc7c(c5)C(C)(C)c5ccccc5C7(C)C)c5cc(N7c8ccc(C(C)(C)C)cc8C8(C)CCCCC78C)cc2c53)C(C)(C)CCC6(C)C)C(C)(C)c2ccccc2C4(C)C)c(-c2ccccc2)c1. The topological polar surface area (TPSA) is 9.72 Å². The molecule has 3 heterocycles. The fourth-order valence-corrected chi connectivity index (χ4v) is 19.9. The van der Waals surface area contributed by atoms with E-state index in [1.54, 1.807) is 0 Å². The van der Waals surface area contributed by atoms with Crippen molar-refractivity contribution < 1.29 is 0 Å². The van der Waals surface area contributed by atoms with Crippen LogP contribution in [0.1, 0.15) is 249 Å². The zero-order chi connectivity index (χ0) is 66.4. The van der Waals surface area contributed by atoms with Crippen molar-refractivity contribution in [3.8, 4) is 11.1 Å². The van der Waals surface area contributed by atoms with Crippen molar-refractivity contribution in [3.63, 3.8) is 0 Å². The standard InChI is InChI=1S/C90H100BN3/c1-81(2,3)56-36-40-74(60(46-56)55-30-22-21-23-31-55)93-77-54-70-69(87(15,16)63-34-26-27-35-64(63)88(70,17)18)52-73(77)91-72-51-66-67(84(9,10)45-44-83(66,7)8)53-76(72)92(58-38-39-65-68(48-58)86(13,14)62-33-25-24-32-61(62)85(65,11)12)78-49-59(50-79(93)80(78)91)94-75-41-37-57(82(4,5)6)47-71(75)89(19)42-28-29-43-90(89,94)20/h21-27,30-41,46-54H,28-29,42-45H2,1-20H3. The average Bonchev–Trinajstić information content (AvgIpc) is 0.995. The first kappa shape index (κ1) is 61.3. The van der Waals surface area contributed by atoms with E-state index in [0.29, 0.717) is 0 Å². The lowest BCUT2D eigenvalue weighted by molar-refractivity contribution is 0.195. The van der Waals surface area contributed by atoms with Crippen molar-refractivity contribution in [2.24, 2.45) is 0 Å². The van der Waals surface area contributed by atoms with E-state index >= 15 is 0 Å². The van der Waals surface area contributed by atoms with E-state index in [-0.39, 0.29) is 61.0 Å². The third-order valence-electron chi connectivity index (χ3n) is 26.1. The van der Waals surface area contributed by atoms with Gasteiger partial charge in [-0.2, -0.15) is 0 Å². The molecule has 9 aromatic carbocycles. The number of hydrogen-bond acceptors (Lipinski definition) is 3. The van der Waals surface area contributed by atoms with Crippen molar-refractivity contribution in [2.75, 3.05) is 14.7 Å². The number of rotatable bonds is 4. The Bertz CT molecular complexity index is 4700. The summed E-state index contributed by atoms with van der Waals surface area (Å²) in [6.45, 7) is 49.5. The van der Waals surface area contributed by atoms with Gasteiger partial charge in [0.25, 0.3) is 6.71 Å². The van der Waals surface area contributed by atoms with Crippen LogP contribution in [0.2, 0.25) is 0 Å². The van der Waals surface area contributed by atoms with E-state index in [1.807, 2.05) is 0 Å². The molecule has 0 aromatic heterocycles. The van der Waals surface area contributed by atoms with Gasteiger partial charge >= 0.3 is 0 Å². The first-order valence-corrected chi connectivity index (χ1v) is 35.8. The first-order valence-electron chi connectivity index (χ1n) is 35.8. The largest absolute Gasteiger partial charge is 0.334 e. The van der Waals surface area contributed by atoms with Gasteiger partial charge in [0, 0.05) is 72.5 Å². The molecule has 7 aliphatic rings. The molecule has 1 saturated carbocycles. The second kappa shape index (κ2) is 19.6. The molecule has 0 spiro atoms. The molecular formula is C90H100BN3. The lowest BCUT2D eigenvalue weighted by Gasteiger charge is -2.52. The van der Waals surface area contributed by atoms with Gasteiger partial charge in [0.2, 0.25) is 0 Å². The number of hydrogen-bond donors (Lipinski definition) is 0. The fourth-order valence-electron chi connectivity index (χ4n) is 19.9. The molecular weight excluding hydrogens is 1130 g/mol. The molecule has 16 rings (SSSR count). The summed E-state index contributed by atoms with van der Waals surface area (Å²) in [4.78, 5) is 8.51. The second-order valence-electron chi connectivity index (χ2n) is 36.0. The zero-order valence-corrected chi connectivity index (χ0v) is 60.3. The zero-order valence-electron chi connectivity index (χ0n) is 60.3. The molecule has 2 unspecified atom stereocenters. The molecule has 94 heavy (non-hydrogen) atoms. The molecule has 9 aromatic rings. The van der Waals surface area contributed by atoms with Crippen LogP contribution in [0.4, 0.5) is 45.5 Å². The summed E-state index contributed by atoms with van der Waals surface area (Å²) in [5, 5.41) is 0. The molecule has 0 saturated heterocycles. The highest BCUT2D eigenvalue weighted by Crippen LogP contribution is 2.64. The van der Waals surface area contributed by atoms with Crippen molar-refractivity contribution in [2.45, 2.75) is 231 Å². The van der Waals surface area contributed by atoms with Gasteiger partial charge in [-0.1, -0.05) is 260 Å². The van der Waals surface area contributed by atoms with Crippen molar-refractivity contribution in [1.82, 2.24) is 0 Å². The monoisotopic (exact) mass is 1230 g/mol. The van der Waals surface area contributed by atoms with E-state index in [4.69, 9.17) is 0 Å². The van der Waals surface area contributed by atoms with Crippen LogP contribution in [-0.2, 0) is 48.7 Å². The van der Waals surface area contributed by atoms with Gasteiger partial charge in [0.1, 0.15) is 0 Å². The summed E-state index contributed by atoms with van der Waals surface area (Å²) in [5.41, 5.74) is 34.0.